The standard InChI is InChI=1S/C18H16F6.C18H19F3.C12H12F6.C11H10F6.2C11H13F3.C8H10F3N3.C8H13NS.C7H10N2/c1-10(2)12-4-11(3)5-13(6-12)14-7-15(17(19,20)21)9-16(8-14)18(22,23)24;1-11(2)14-7-12(3)8-15(9-14)17-10-16(18(19,20)21)6-5-13(17)4;1-6(2)10-7(3)4-8(11(13,14)15)5-9(10)12(16,17)18;1-6(2)8-4-3-7(10(12,13)14)5-9(8)11(15,16)17;1-7(2)9-4-8(3)5-10(6-9)11(12,13)14;1-7(2)9-6-8(3)4-5-10(9)11(12,13)14;1-4(2)6-12-5(3)13-7(14-6)8(9,10)11;1-5(2)8-6(3)9-7(4)10-8;1-6(2)7-8-4-3-5-9-7/h4-10H,1-3H3;5-11H,1-4H3;4-6H,1-3H3;3-6H,1-2H3;2*4-7H,1-3H3;4H,1-3H3;5H,1-4H3;3-6H,1-2H3. The summed E-state index contributed by atoms with van der Waals surface area (Å²) in [5.41, 5.74) is 0.797. The van der Waals surface area contributed by atoms with Crippen molar-refractivity contribution >= 4 is 11.3 Å². The molecule has 6 nitrogen and oxygen atoms in total. The molecule has 0 saturated heterocycles. The Labute approximate surface area is 807 Å². The minimum Gasteiger partial charge on any atom is -0.247 e. The van der Waals surface area contributed by atoms with Gasteiger partial charge in [0.15, 0.2) is 0 Å². The van der Waals surface area contributed by atoms with Gasteiger partial charge in [0.2, 0.25) is 5.82 Å². The quantitative estimate of drug-likeness (QED) is 0.120. The Morgan fingerprint density at radius 2 is 0.638 bits per heavy atom. The maximum Gasteiger partial charge on any atom is 0.451 e. The normalized spacial score (nSPS) is 12.3. The number of halogens is 30. The molecule has 8 aromatic carbocycles. The zero-order chi connectivity index (χ0) is 109. The second-order valence-electron chi connectivity index (χ2n) is 36.1. The molecule has 778 valence electrons. The molecule has 0 amide bonds. The van der Waals surface area contributed by atoms with Gasteiger partial charge in [0, 0.05) is 29.1 Å². The summed E-state index contributed by atoms with van der Waals surface area (Å²) >= 11 is 1.81. The zero-order valence-electron chi connectivity index (χ0n) is 82.6. The number of hydrogen-bond acceptors (Lipinski definition) is 7. The lowest BCUT2D eigenvalue weighted by Gasteiger charge is -2.20. The Balaban J connectivity index is 0.000000413. The Hall–Kier alpha value is -10.6. The monoisotopic (exact) mass is 2050 g/mol. The van der Waals surface area contributed by atoms with Crippen molar-refractivity contribution in [1.82, 2.24) is 29.9 Å². The first-order chi connectivity index (χ1) is 63.9. The van der Waals surface area contributed by atoms with Crippen molar-refractivity contribution in [2.24, 2.45) is 0 Å². The van der Waals surface area contributed by atoms with Crippen LogP contribution in [-0.4, -0.2) is 29.9 Å². The number of alkyl halides is 30. The molecule has 0 radical (unpaired) electrons. The second kappa shape index (κ2) is 50.6. The summed E-state index contributed by atoms with van der Waals surface area (Å²) in [5, 5.41) is 1.18. The van der Waals surface area contributed by atoms with E-state index in [4.69, 9.17) is 0 Å². The van der Waals surface area contributed by atoms with Gasteiger partial charge in [-0.05, 0) is 249 Å². The van der Waals surface area contributed by atoms with Gasteiger partial charge in [-0.2, -0.15) is 132 Å². The molecule has 0 atom stereocenters. The topological polar surface area (TPSA) is 77.3 Å². The SMILES string of the molecule is CC(C)c1ccc(C(F)(F)F)cc1C(F)(F)F.CC(C)c1ncccn1.Cc1cc(-c2cc(C(F)(F)F)cc(C(F)(F)F)c2)cc(C(C)C)c1.Cc1cc(-c2cc(C(F)(F)F)ccc2C)cc(C(C)C)c1.Cc1cc(C(C)C)cc(C(F)(F)F)c1.Cc1cc(C(F)(F)F)cc(C(F)(F)F)c1C(C)C.Cc1ccc(C(F)(F)F)c(C(C)C)c1.Cc1nc(C(C)C)nc(C(F)(F)F)n1.Cc1nc(C)c(C(C)C)s1. The fraction of sp³-hybridized carbons (Fsp3) is 0.442. The lowest BCUT2D eigenvalue weighted by Crippen LogP contribution is -2.15. The van der Waals surface area contributed by atoms with Crippen molar-refractivity contribution in [2.75, 3.05) is 0 Å². The largest absolute Gasteiger partial charge is 0.451 e. The molecule has 3 heterocycles. The molecule has 0 fully saturated rings. The lowest BCUT2D eigenvalue weighted by atomic mass is 9.90. The van der Waals surface area contributed by atoms with Gasteiger partial charge in [-0.15, -0.1) is 11.3 Å². The Morgan fingerprint density at radius 1 is 0.248 bits per heavy atom. The first kappa shape index (κ1) is 125. The van der Waals surface area contributed by atoms with E-state index in [1.165, 1.54) is 87.5 Å². The molecule has 0 aliphatic carbocycles. The number of thiazole rings is 1. The van der Waals surface area contributed by atoms with E-state index < -0.39 is 129 Å². The van der Waals surface area contributed by atoms with Crippen molar-refractivity contribution in [2.45, 2.75) is 302 Å². The highest BCUT2D eigenvalue weighted by atomic mass is 32.1. The summed E-state index contributed by atoms with van der Waals surface area (Å²) < 4.78 is 379. The lowest BCUT2D eigenvalue weighted by molar-refractivity contribution is -0.146. The smallest absolute Gasteiger partial charge is 0.247 e. The van der Waals surface area contributed by atoms with E-state index in [2.05, 4.69) is 91.4 Å². The number of aromatic nitrogens is 6. The minimum atomic E-state index is -4.85. The molecular weight excluding hydrogens is 1940 g/mol. The fourth-order valence-electron chi connectivity index (χ4n) is 13.6. The van der Waals surface area contributed by atoms with Crippen molar-refractivity contribution in [3.05, 3.63) is 314 Å². The van der Waals surface area contributed by atoms with E-state index in [0.29, 0.717) is 46.1 Å². The molecule has 0 aliphatic rings. The van der Waals surface area contributed by atoms with E-state index in [1.807, 2.05) is 77.1 Å². The van der Waals surface area contributed by atoms with Crippen molar-refractivity contribution in [1.29, 1.82) is 0 Å². The van der Waals surface area contributed by atoms with Gasteiger partial charge in [-0.1, -0.05) is 214 Å². The van der Waals surface area contributed by atoms with Gasteiger partial charge in [0.05, 0.1) is 60.8 Å². The van der Waals surface area contributed by atoms with Crippen LogP contribution in [0.15, 0.2) is 158 Å². The Bertz CT molecular complexity index is 5710. The van der Waals surface area contributed by atoms with Crippen LogP contribution in [0.5, 0.6) is 0 Å². The number of nitrogens with zero attached hydrogens (tertiary/aromatic N) is 6. The van der Waals surface area contributed by atoms with Crippen LogP contribution in [0, 0.1) is 62.3 Å². The molecule has 37 heteroatoms. The Kier molecular flexibility index (Phi) is 44.7. The number of aryl methyl sites for hydroxylation is 9. The van der Waals surface area contributed by atoms with Gasteiger partial charge in [-0.3, -0.25) is 0 Å². The van der Waals surface area contributed by atoms with Crippen LogP contribution in [0.25, 0.3) is 22.3 Å². The summed E-state index contributed by atoms with van der Waals surface area (Å²) in [5.74, 6) is 0.467. The maximum atomic E-state index is 13.0. The average molecular weight is 2050 g/mol. The molecule has 0 N–H and O–H groups in total. The van der Waals surface area contributed by atoms with Crippen LogP contribution >= 0.6 is 11.3 Å². The molecule has 11 rings (SSSR count). The predicted octanol–water partition coefficient (Wildman–Crippen LogP) is 38.0. The first-order valence-electron chi connectivity index (χ1n) is 44.0. The molecule has 11 aromatic rings. The third-order valence-corrected chi connectivity index (χ3v) is 21.9. The highest BCUT2D eigenvalue weighted by Crippen LogP contribution is 2.46. The fourth-order valence-corrected chi connectivity index (χ4v) is 14.5. The molecule has 0 saturated carbocycles. The van der Waals surface area contributed by atoms with Crippen LogP contribution in [-0.2, 0) is 61.8 Å². The average Bonchev–Trinajstić information content (AvgIpc) is 1.69. The van der Waals surface area contributed by atoms with E-state index >= 15 is 0 Å². The predicted molar refractivity (Wildman–Crippen MR) is 493 cm³/mol. The molecular formula is C104H116F30N6S. The number of hydrogen-bond donors (Lipinski definition) is 0. The highest BCUT2D eigenvalue weighted by Gasteiger charge is 2.43. The van der Waals surface area contributed by atoms with Crippen LogP contribution in [0.2, 0.25) is 0 Å². The third kappa shape index (κ3) is 40.2. The molecule has 0 unspecified atom stereocenters. The summed E-state index contributed by atoms with van der Waals surface area (Å²) in [6, 6.07) is 29.6. The third-order valence-electron chi connectivity index (χ3n) is 20.6. The molecule has 0 bridgehead atoms. The molecule has 141 heavy (non-hydrogen) atoms. The van der Waals surface area contributed by atoms with Gasteiger partial charge in [0.1, 0.15) is 17.5 Å². The highest BCUT2D eigenvalue weighted by molar-refractivity contribution is 7.11. The van der Waals surface area contributed by atoms with Crippen LogP contribution < -0.4 is 0 Å². The summed E-state index contributed by atoms with van der Waals surface area (Å²) in [6.45, 7) is 49.2. The van der Waals surface area contributed by atoms with Crippen LogP contribution in [0.3, 0.4) is 0 Å². The summed E-state index contributed by atoms with van der Waals surface area (Å²) in [4.78, 5) is 24.3. The van der Waals surface area contributed by atoms with Crippen molar-refractivity contribution < 1.29 is 132 Å². The maximum absolute atomic E-state index is 13.0. The number of benzene rings is 8. The Morgan fingerprint density at radius 3 is 1.01 bits per heavy atom. The van der Waals surface area contributed by atoms with Gasteiger partial charge < -0.3 is 0 Å². The van der Waals surface area contributed by atoms with E-state index in [9.17, 15) is 132 Å². The first-order valence-corrected chi connectivity index (χ1v) is 44.9. The minimum absolute atomic E-state index is 0.00662. The summed E-state index contributed by atoms with van der Waals surface area (Å²) in [6.07, 6.45) is -42.6. The summed E-state index contributed by atoms with van der Waals surface area (Å²) in [7, 11) is 0. The second-order valence-corrected chi connectivity index (χ2v) is 37.3. The molecule has 0 aliphatic heterocycles. The van der Waals surface area contributed by atoms with Crippen molar-refractivity contribution in [3.63, 3.8) is 0 Å². The van der Waals surface area contributed by atoms with E-state index in [-0.39, 0.29) is 75.8 Å². The number of rotatable bonds is 11. The zero-order valence-corrected chi connectivity index (χ0v) is 83.5. The van der Waals surface area contributed by atoms with Gasteiger partial charge >= 0.3 is 61.8 Å². The molecule has 0 spiro atoms. The van der Waals surface area contributed by atoms with E-state index in [1.54, 1.807) is 85.1 Å². The van der Waals surface area contributed by atoms with Crippen LogP contribution in [0.4, 0.5) is 132 Å². The van der Waals surface area contributed by atoms with Crippen LogP contribution in [0.1, 0.15) is 334 Å². The molecule has 3 aromatic heterocycles. The van der Waals surface area contributed by atoms with E-state index in [0.717, 1.165) is 86.7 Å². The van der Waals surface area contributed by atoms with Gasteiger partial charge in [0.25, 0.3) is 0 Å². The van der Waals surface area contributed by atoms with Gasteiger partial charge in [-0.25, -0.2) is 29.9 Å². The van der Waals surface area contributed by atoms with Crippen molar-refractivity contribution in [3.8, 4) is 22.3 Å².